The minimum Gasteiger partial charge on any atom is -0.326 e. The number of carbonyl (C=O) groups excluding carboxylic acids is 2. The third-order valence-electron chi connectivity index (χ3n) is 5.40. The van der Waals surface area contributed by atoms with Crippen molar-refractivity contribution < 1.29 is 9.59 Å². The molecule has 1 heterocycles. The summed E-state index contributed by atoms with van der Waals surface area (Å²) >= 11 is 1.61. The molecule has 1 aromatic carbocycles. The van der Waals surface area contributed by atoms with Gasteiger partial charge in [0.15, 0.2) is 0 Å². The molecule has 2 bridgehead atoms. The van der Waals surface area contributed by atoms with E-state index in [2.05, 4.69) is 17.2 Å². The van der Waals surface area contributed by atoms with Crippen molar-refractivity contribution in [2.45, 2.75) is 32.1 Å². The molecule has 4 heteroatoms. The Balaban J connectivity index is 1.43. The zero-order valence-electron chi connectivity index (χ0n) is 14.5. The first-order chi connectivity index (χ1) is 12.7. The second-order valence-corrected chi connectivity index (χ2v) is 8.14. The molecule has 3 atom stereocenters. The molecular formula is C22H21NO2S. The molecule has 2 fully saturated rings. The van der Waals surface area contributed by atoms with Crippen molar-refractivity contribution in [3.05, 3.63) is 52.2 Å². The second-order valence-electron chi connectivity index (χ2n) is 7.19. The largest absolute Gasteiger partial charge is 0.326 e. The van der Waals surface area contributed by atoms with Crippen LogP contribution in [0.2, 0.25) is 0 Å². The predicted molar refractivity (Wildman–Crippen MR) is 104 cm³/mol. The van der Waals surface area contributed by atoms with Gasteiger partial charge in [0.2, 0.25) is 5.91 Å². The summed E-state index contributed by atoms with van der Waals surface area (Å²) in [6, 6.07) is 11.6. The number of nitrogens with one attached hydrogen (secondary N) is 1. The van der Waals surface area contributed by atoms with Gasteiger partial charge in [-0.15, -0.1) is 11.3 Å². The van der Waals surface area contributed by atoms with Crippen LogP contribution in [-0.4, -0.2) is 11.7 Å². The molecule has 1 aromatic heterocycles. The lowest BCUT2D eigenvalue weighted by Gasteiger charge is -2.36. The Labute approximate surface area is 157 Å². The second kappa shape index (κ2) is 7.47. The number of amides is 1. The first-order valence-electron chi connectivity index (χ1n) is 9.19. The average molecular weight is 363 g/mol. The lowest BCUT2D eigenvalue weighted by atomic mass is 9.67. The van der Waals surface area contributed by atoms with Crippen LogP contribution in [0.4, 0.5) is 5.69 Å². The SMILES string of the molecule is O=C(Nc1cccc(C#Cc2cccs2)c1)C1C[C@H]2CCC[C@@H](C1)C2=O. The molecule has 1 N–H and O–H groups in total. The Hall–Kier alpha value is -2.38. The molecule has 0 saturated heterocycles. The van der Waals surface area contributed by atoms with Crippen LogP contribution < -0.4 is 5.32 Å². The number of benzene rings is 1. The summed E-state index contributed by atoms with van der Waals surface area (Å²) in [7, 11) is 0. The van der Waals surface area contributed by atoms with Crippen molar-refractivity contribution in [1.82, 2.24) is 0 Å². The van der Waals surface area contributed by atoms with E-state index in [1.54, 1.807) is 11.3 Å². The van der Waals surface area contributed by atoms with Crippen LogP contribution in [0, 0.1) is 29.6 Å². The van der Waals surface area contributed by atoms with Gasteiger partial charge < -0.3 is 5.32 Å². The van der Waals surface area contributed by atoms with E-state index in [4.69, 9.17) is 0 Å². The predicted octanol–water partition coefficient (Wildman–Crippen LogP) is 4.48. The van der Waals surface area contributed by atoms with Gasteiger partial charge >= 0.3 is 0 Å². The number of anilines is 1. The van der Waals surface area contributed by atoms with E-state index in [9.17, 15) is 9.59 Å². The number of carbonyl (C=O) groups is 2. The monoisotopic (exact) mass is 363 g/mol. The van der Waals surface area contributed by atoms with Gasteiger partial charge in [-0.1, -0.05) is 30.4 Å². The van der Waals surface area contributed by atoms with Crippen LogP contribution in [-0.2, 0) is 9.59 Å². The molecule has 4 rings (SSSR count). The highest BCUT2D eigenvalue weighted by atomic mass is 32.1. The van der Waals surface area contributed by atoms with Crippen molar-refractivity contribution in [1.29, 1.82) is 0 Å². The van der Waals surface area contributed by atoms with Crippen LogP contribution in [0.15, 0.2) is 41.8 Å². The molecule has 26 heavy (non-hydrogen) atoms. The van der Waals surface area contributed by atoms with Crippen molar-refractivity contribution in [2.75, 3.05) is 5.32 Å². The summed E-state index contributed by atoms with van der Waals surface area (Å²) in [4.78, 5) is 25.9. The summed E-state index contributed by atoms with van der Waals surface area (Å²) < 4.78 is 0. The van der Waals surface area contributed by atoms with Gasteiger partial charge in [0.1, 0.15) is 5.78 Å². The van der Waals surface area contributed by atoms with Crippen molar-refractivity contribution in [3.63, 3.8) is 0 Å². The number of rotatable bonds is 2. The molecule has 2 aliphatic rings. The number of thiophene rings is 1. The fraction of sp³-hybridized carbons (Fsp3) is 0.364. The highest BCUT2D eigenvalue weighted by molar-refractivity contribution is 7.10. The number of ketones is 1. The Morgan fingerprint density at radius 1 is 1.08 bits per heavy atom. The molecule has 0 radical (unpaired) electrons. The maximum Gasteiger partial charge on any atom is 0.227 e. The quantitative estimate of drug-likeness (QED) is 0.800. The summed E-state index contributed by atoms with van der Waals surface area (Å²) in [6.45, 7) is 0. The molecule has 0 spiro atoms. The molecule has 2 aliphatic carbocycles. The zero-order chi connectivity index (χ0) is 17.9. The summed E-state index contributed by atoms with van der Waals surface area (Å²) in [6.07, 6.45) is 4.44. The Kier molecular flexibility index (Phi) is 4.90. The number of hydrogen-bond acceptors (Lipinski definition) is 3. The molecule has 3 nitrogen and oxygen atoms in total. The lowest BCUT2D eigenvalue weighted by Crippen LogP contribution is -2.40. The van der Waals surface area contributed by atoms with E-state index in [0.717, 1.165) is 35.4 Å². The molecule has 1 unspecified atom stereocenters. The van der Waals surface area contributed by atoms with Crippen molar-refractivity contribution >= 4 is 28.7 Å². The molecule has 0 aliphatic heterocycles. The number of fused-ring (bicyclic) bond motifs is 2. The van der Waals surface area contributed by atoms with Gasteiger partial charge in [-0.25, -0.2) is 0 Å². The maximum atomic E-state index is 12.7. The molecule has 2 saturated carbocycles. The van der Waals surface area contributed by atoms with Gasteiger partial charge in [-0.2, -0.15) is 0 Å². The lowest BCUT2D eigenvalue weighted by molar-refractivity contribution is -0.136. The van der Waals surface area contributed by atoms with Crippen LogP contribution in [0.3, 0.4) is 0 Å². The fourth-order valence-corrected chi connectivity index (χ4v) is 4.67. The van der Waals surface area contributed by atoms with Crippen LogP contribution in [0.25, 0.3) is 0 Å². The van der Waals surface area contributed by atoms with Crippen molar-refractivity contribution in [3.8, 4) is 11.8 Å². The summed E-state index contributed by atoms with van der Waals surface area (Å²) in [5.74, 6) is 6.86. The fourth-order valence-electron chi connectivity index (χ4n) is 4.10. The highest BCUT2D eigenvalue weighted by Gasteiger charge is 2.41. The van der Waals surface area contributed by atoms with Gasteiger partial charge in [-0.3, -0.25) is 9.59 Å². The van der Waals surface area contributed by atoms with E-state index in [1.165, 1.54) is 0 Å². The van der Waals surface area contributed by atoms with Crippen LogP contribution >= 0.6 is 11.3 Å². The summed E-state index contributed by atoms with van der Waals surface area (Å²) in [5.41, 5.74) is 1.65. The Morgan fingerprint density at radius 3 is 2.62 bits per heavy atom. The third-order valence-corrected chi connectivity index (χ3v) is 6.19. The smallest absolute Gasteiger partial charge is 0.227 e. The standard InChI is InChI=1S/C22H21NO2S/c24-21-16-5-2-6-17(21)14-18(13-16)22(25)23-19-7-1-4-15(12-19)9-10-20-8-3-11-26-20/h1,3-4,7-8,11-12,16-18H,2,5-6,13-14H2,(H,23,25)/t16-,17+,18?. The minimum absolute atomic E-state index is 0.0396. The Bertz CT molecular complexity index is 859. The molecule has 2 aromatic rings. The number of Topliss-reactive ketones (excluding diaryl/α,β-unsaturated/α-hetero) is 1. The van der Waals surface area contributed by atoms with E-state index in [0.29, 0.717) is 18.6 Å². The first-order valence-corrected chi connectivity index (χ1v) is 10.1. The highest BCUT2D eigenvalue weighted by Crippen LogP contribution is 2.40. The van der Waals surface area contributed by atoms with Gasteiger partial charge in [0.05, 0.1) is 4.88 Å². The third kappa shape index (κ3) is 3.73. The molecule has 132 valence electrons. The average Bonchev–Trinajstić information content (AvgIpc) is 3.13. The van der Waals surface area contributed by atoms with Crippen LogP contribution in [0.1, 0.15) is 42.5 Å². The normalized spacial score (nSPS) is 24.5. The van der Waals surface area contributed by atoms with Crippen LogP contribution in [0.5, 0.6) is 0 Å². The van der Waals surface area contributed by atoms with Gasteiger partial charge in [-0.05, 0) is 55.3 Å². The van der Waals surface area contributed by atoms with E-state index >= 15 is 0 Å². The van der Waals surface area contributed by atoms with E-state index in [-0.39, 0.29) is 23.7 Å². The van der Waals surface area contributed by atoms with E-state index in [1.807, 2.05) is 41.8 Å². The zero-order valence-corrected chi connectivity index (χ0v) is 15.4. The Morgan fingerprint density at radius 2 is 1.88 bits per heavy atom. The van der Waals surface area contributed by atoms with E-state index < -0.39 is 0 Å². The number of hydrogen-bond donors (Lipinski definition) is 1. The first kappa shape index (κ1) is 17.1. The molecular weight excluding hydrogens is 342 g/mol. The maximum absolute atomic E-state index is 12.7. The molecule has 1 amide bonds. The summed E-state index contributed by atoms with van der Waals surface area (Å²) in [5, 5.41) is 5.04. The van der Waals surface area contributed by atoms with Crippen molar-refractivity contribution in [2.24, 2.45) is 17.8 Å². The van der Waals surface area contributed by atoms with Gasteiger partial charge in [0.25, 0.3) is 0 Å². The van der Waals surface area contributed by atoms with Gasteiger partial charge in [0, 0.05) is 29.0 Å². The minimum atomic E-state index is -0.0520. The topological polar surface area (TPSA) is 46.2 Å².